The second-order valence-corrected chi connectivity index (χ2v) is 11.7. The molecule has 2 amide bonds. The van der Waals surface area contributed by atoms with Crippen molar-refractivity contribution in [1.29, 1.82) is 0 Å². The van der Waals surface area contributed by atoms with Crippen LogP contribution in [-0.4, -0.2) is 38.1 Å². The summed E-state index contributed by atoms with van der Waals surface area (Å²) >= 11 is 7.04. The van der Waals surface area contributed by atoms with E-state index in [4.69, 9.17) is 9.47 Å². The first-order valence-electron chi connectivity index (χ1n) is 14.9. The third kappa shape index (κ3) is 13.5. The van der Waals surface area contributed by atoms with Crippen molar-refractivity contribution in [3.8, 4) is 11.5 Å². The standard InChI is InChI=1S/C32H46Br2N2O4/c1-3-5-7-13-21-39-29-17-15-25(23-27(29)33)31(37)35-19-11-9-10-12-20-36-32(38)26-16-18-30(28(34)24-26)40-22-14-8-6-4-2/h15-18,23-24H,3-14,19-22H2,1-2H3,(H,35,37)(H,36,38). The van der Waals surface area contributed by atoms with E-state index in [1.165, 1.54) is 38.5 Å². The molecule has 2 rings (SSSR count). The van der Waals surface area contributed by atoms with Crippen LogP contribution in [0.3, 0.4) is 0 Å². The Morgan fingerprint density at radius 3 is 1.38 bits per heavy atom. The summed E-state index contributed by atoms with van der Waals surface area (Å²) in [6, 6.07) is 10.9. The zero-order valence-electron chi connectivity index (χ0n) is 24.2. The maximum Gasteiger partial charge on any atom is 0.251 e. The molecule has 0 saturated heterocycles. The number of carbonyl (C=O) groups excluding carboxylic acids is 2. The summed E-state index contributed by atoms with van der Waals surface area (Å²) in [5.74, 6) is 1.38. The van der Waals surface area contributed by atoms with Gasteiger partial charge in [0.05, 0.1) is 22.2 Å². The van der Waals surface area contributed by atoms with E-state index in [1.54, 1.807) is 12.1 Å². The monoisotopic (exact) mass is 680 g/mol. The number of amides is 2. The van der Waals surface area contributed by atoms with Crippen molar-refractivity contribution in [2.75, 3.05) is 26.3 Å². The van der Waals surface area contributed by atoms with Gasteiger partial charge in [-0.25, -0.2) is 0 Å². The average molecular weight is 683 g/mol. The third-order valence-electron chi connectivity index (χ3n) is 6.57. The van der Waals surface area contributed by atoms with E-state index in [9.17, 15) is 9.59 Å². The lowest BCUT2D eigenvalue weighted by Gasteiger charge is -2.11. The van der Waals surface area contributed by atoms with Crippen molar-refractivity contribution < 1.29 is 19.1 Å². The number of nitrogens with one attached hydrogen (secondary N) is 2. The number of hydrogen-bond donors (Lipinski definition) is 2. The van der Waals surface area contributed by atoms with Gasteiger partial charge in [0.15, 0.2) is 0 Å². The topological polar surface area (TPSA) is 76.7 Å². The van der Waals surface area contributed by atoms with Gasteiger partial charge in [0.1, 0.15) is 11.5 Å². The molecule has 40 heavy (non-hydrogen) atoms. The molecule has 0 aliphatic carbocycles. The zero-order chi connectivity index (χ0) is 29.0. The lowest BCUT2D eigenvalue weighted by atomic mass is 10.1. The Morgan fingerprint density at radius 1 is 0.600 bits per heavy atom. The van der Waals surface area contributed by atoms with Crippen LogP contribution in [0.4, 0.5) is 0 Å². The van der Waals surface area contributed by atoms with Gasteiger partial charge in [0.25, 0.3) is 11.8 Å². The van der Waals surface area contributed by atoms with Crippen molar-refractivity contribution >= 4 is 43.7 Å². The summed E-state index contributed by atoms with van der Waals surface area (Å²) in [6.07, 6.45) is 13.0. The Labute approximate surface area is 257 Å². The lowest BCUT2D eigenvalue weighted by molar-refractivity contribution is 0.0943. The maximum absolute atomic E-state index is 12.5. The van der Waals surface area contributed by atoms with Gasteiger partial charge in [-0.05, 0) is 93.9 Å². The van der Waals surface area contributed by atoms with Crippen LogP contribution in [0.15, 0.2) is 45.3 Å². The molecule has 8 heteroatoms. The van der Waals surface area contributed by atoms with E-state index in [0.29, 0.717) is 37.4 Å². The van der Waals surface area contributed by atoms with Gasteiger partial charge in [-0.3, -0.25) is 9.59 Å². The molecule has 0 unspecified atom stereocenters. The van der Waals surface area contributed by atoms with Gasteiger partial charge in [-0.15, -0.1) is 0 Å². The minimum atomic E-state index is -0.0819. The molecule has 0 fully saturated rings. The van der Waals surface area contributed by atoms with E-state index in [1.807, 2.05) is 24.3 Å². The Kier molecular flexibility index (Phi) is 17.7. The van der Waals surface area contributed by atoms with Crippen LogP contribution in [0, 0.1) is 0 Å². The van der Waals surface area contributed by atoms with Crippen LogP contribution < -0.4 is 20.1 Å². The summed E-state index contributed by atoms with van der Waals surface area (Å²) in [5, 5.41) is 5.98. The van der Waals surface area contributed by atoms with Gasteiger partial charge in [-0.2, -0.15) is 0 Å². The second kappa shape index (κ2) is 20.8. The van der Waals surface area contributed by atoms with E-state index in [-0.39, 0.29) is 11.8 Å². The molecule has 2 aromatic rings. The highest BCUT2D eigenvalue weighted by atomic mass is 79.9. The SMILES string of the molecule is CCCCCCOc1ccc(C(=O)NCCCCCCNC(=O)c2ccc(OCCCCCC)c(Br)c2)cc1Br. The predicted octanol–water partition coefficient (Wildman–Crippen LogP) is 8.85. The molecule has 0 bridgehead atoms. The van der Waals surface area contributed by atoms with Gasteiger partial charge in [0, 0.05) is 24.2 Å². The van der Waals surface area contributed by atoms with Crippen LogP contribution >= 0.6 is 31.9 Å². The quantitative estimate of drug-likeness (QED) is 0.129. The van der Waals surface area contributed by atoms with Crippen molar-refractivity contribution in [1.82, 2.24) is 10.6 Å². The number of hydrogen-bond acceptors (Lipinski definition) is 4. The van der Waals surface area contributed by atoms with Crippen LogP contribution in [0.1, 0.15) is 112 Å². The molecule has 0 heterocycles. The van der Waals surface area contributed by atoms with Gasteiger partial charge >= 0.3 is 0 Å². The number of rotatable bonds is 21. The number of ether oxygens (including phenoxy) is 2. The van der Waals surface area contributed by atoms with E-state index in [2.05, 4.69) is 56.3 Å². The summed E-state index contributed by atoms with van der Waals surface area (Å²) in [6.45, 7) is 7.01. The van der Waals surface area contributed by atoms with Gasteiger partial charge < -0.3 is 20.1 Å². The number of benzene rings is 2. The summed E-state index contributed by atoms with van der Waals surface area (Å²) in [7, 11) is 0. The van der Waals surface area contributed by atoms with Crippen molar-refractivity contribution in [2.24, 2.45) is 0 Å². The van der Waals surface area contributed by atoms with Crippen molar-refractivity contribution in [2.45, 2.75) is 90.9 Å². The summed E-state index contributed by atoms with van der Waals surface area (Å²) in [4.78, 5) is 25.0. The van der Waals surface area contributed by atoms with E-state index < -0.39 is 0 Å². The first-order valence-corrected chi connectivity index (χ1v) is 16.5. The highest BCUT2D eigenvalue weighted by Gasteiger charge is 2.10. The Balaban J connectivity index is 1.57. The molecule has 0 aliphatic heterocycles. The first-order chi connectivity index (χ1) is 19.5. The molecular formula is C32H46Br2N2O4. The normalized spacial score (nSPS) is 10.8. The predicted molar refractivity (Wildman–Crippen MR) is 171 cm³/mol. The molecule has 0 aromatic heterocycles. The molecule has 6 nitrogen and oxygen atoms in total. The molecule has 0 radical (unpaired) electrons. The Hall–Kier alpha value is -2.06. The number of halogens is 2. The molecule has 0 aliphatic rings. The largest absolute Gasteiger partial charge is 0.492 e. The van der Waals surface area contributed by atoms with Crippen molar-refractivity contribution in [3.63, 3.8) is 0 Å². The zero-order valence-corrected chi connectivity index (χ0v) is 27.3. The lowest BCUT2D eigenvalue weighted by Crippen LogP contribution is -2.25. The number of carbonyl (C=O) groups is 2. The van der Waals surface area contributed by atoms with Crippen LogP contribution in [0.2, 0.25) is 0 Å². The molecule has 0 atom stereocenters. The second-order valence-electron chi connectivity index (χ2n) is 10.0. The van der Waals surface area contributed by atoms with Crippen LogP contribution in [0.5, 0.6) is 11.5 Å². The molecule has 0 saturated carbocycles. The fourth-order valence-corrected chi connectivity index (χ4v) is 5.14. The Bertz CT molecular complexity index is 950. The maximum atomic E-state index is 12.5. The first kappa shape index (κ1) is 34.1. The highest BCUT2D eigenvalue weighted by Crippen LogP contribution is 2.27. The van der Waals surface area contributed by atoms with Gasteiger partial charge in [0.2, 0.25) is 0 Å². The fourth-order valence-electron chi connectivity index (χ4n) is 4.15. The van der Waals surface area contributed by atoms with Gasteiger partial charge in [-0.1, -0.05) is 65.2 Å². The highest BCUT2D eigenvalue weighted by molar-refractivity contribution is 9.10. The van der Waals surface area contributed by atoms with E-state index >= 15 is 0 Å². The fraction of sp³-hybridized carbons (Fsp3) is 0.562. The summed E-state index contributed by atoms with van der Waals surface area (Å²) < 4.78 is 13.2. The average Bonchev–Trinajstić information content (AvgIpc) is 2.95. The Morgan fingerprint density at radius 2 is 1.00 bits per heavy atom. The summed E-state index contributed by atoms with van der Waals surface area (Å²) in [5.41, 5.74) is 1.23. The minimum absolute atomic E-state index is 0.0819. The molecule has 222 valence electrons. The smallest absolute Gasteiger partial charge is 0.251 e. The minimum Gasteiger partial charge on any atom is -0.492 e. The number of unbranched alkanes of at least 4 members (excludes halogenated alkanes) is 9. The van der Waals surface area contributed by atoms with Crippen molar-refractivity contribution in [3.05, 3.63) is 56.5 Å². The molecule has 0 spiro atoms. The molecule has 2 N–H and O–H groups in total. The third-order valence-corrected chi connectivity index (χ3v) is 7.81. The van der Waals surface area contributed by atoms with Crippen LogP contribution in [-0.2, 0) is 0 Å². The molecular weight excluding hydrogens is 636 g/mol. The van der Waals surface area contributed by atoms with E-state index in [0.717, 1.165) is 59.0 Å². The van der Waals surface area contributed by atoms with Crippen LogP contribution in [0.25, 0.3) is 0 Å². The molecule has 2 aromatic carbocycles.